The summed E-state index contributed by atoms with van der Waals surface area (Å²) in [5, 5.41) is 0.313. The third kappa shape index (κ3) is 1.76. The van der Waals surface area contributed by atoms with Gasteiger partial charge in [0.15, 0.2) is 0 Å². The number of benzene rings is 1. The lowest BCUT2D eigenvalue weighted by atomic mass is 10.2. The van der Waals surface area contributed by atoms with Crippen molar-refractivity contribution < 1.29 is 8.78 Å². The highest BCUT2D eigenvalue weighted by Crippen LogP contribution is 2.20. The molecule has 0 atom stereocenters. The summed E-state index contributed by atoms with van der Waals surface area (Å²) in [6.45, 7) is 5.76. The molecule has 0 aliphatic carbocycles. The summed E-state index contributed by atoms with van der Waals surface area (Å²) >= 11 is 0. The van der Waals surface area contributed by atoms with E-state index in [2.05, 4.69) is 4.98 Å². The zero-order chi connectivity index (χ0) is 10.7. The lowest BCUT2D eigenvalue weighted by Gasteiger charge is -1.92. The molecule has 3 heteroatoms. The van der Waals surface area contributed by atoms with Crippen LogP contribution in [0.5, 0.6) is 0 Å². The maximum Gasteiger partial charge on any atom is 0.147 e. The summed E-state index contributed by atoms with van der Waals surface area (Å²) in [5.74, 6) is -0.810. The first-order valence-electron chi connectivity index (χ1n) is 4.62. The van der Waals surface area contributed by atoms with Gasteiger partial charge in [0.1, 0.15) is 11.6 Å². The normalized spacial score (nSPS) is 9.79. The molecule has 1 N–H and O–H groups in total. The summed E-state index contributed by atoms with van der Waals surface area (Å²) in [5.41, 5.74) is 1.00. The highest BCUT2D eigenvalue weighted by Gasteiger charge is 2.07. The molecule has 76 valence electrons. The Balaban J connectivity index is 0.000000461. The van der Waals surface area contributed by atoms with Crippen molar-refractivity contribution in [3.8, 4) is 0 Å². The first kappa shape index (κ1) is 10.7. The molecule has 0 spiro atoms. The fraction of sp³-hybridized carbons (Fsp3) is 0.273. The molecule has 0 aliphatic heterocycles. The van der Waals surface area contributed by atoms with Gasteiger partial charge in [-0.1, -0.05) is 13.8 Å². The monoisotopic (exact) mass is 197 g/mol. The fourth-order valence-corrected chi connectivity index (χ4v) is 1.29. The number of rotatable bonds is 0. The molecule has 0 radical (unpaired) electrons. The molecule has 1 nitrogen and oxygen atoms in total. The van der Waals surface area contributed by atoms with Crippen LogP contribution in [0.4, 0.5) is 8.78 Å². The van der Waals surface area contributed by atoms with Gasteiger partial charge >= 0.3 is 0 Å². The Bertz CT molecular complexity index is 393. The molecule has 2 aromatic rings. The van der Waals surface area contributed by atoms with Gasteiger partial charge in [-0.05, 0) is 25.1 Å². The Kier molecular flexibility index (Phi) is 3.23. The van der Waals surface area contributed by atoms with E-state index in [9.17, 15) is 8.78 Å². The highest BCUT2D eigenvalue weighted by atomic mass is 19.1. The van der Waals surface area contributed by atoms with Crippen LogP contribution in [0.3, 0.4) is 0 Å². The molecule has 1 aromatic carbocycles. The maximum atomic E-state index is 13.0. The standard InChI is InChI=1S/C9H7F2N.C2H6/c1-5-4-6-7(10)2-3-8(11)9(6)12-5;1-2/h2-4,12H,1H3;1-2H3. The molecule has 0 unspecified atom stereocenters. The van der Waals surface area contributed by atoms with Gasteiger partial charge in [0.05, 0.1) is 5.52 Å². The third-order valence-electron chi connectivity index (χ3n) is 1.82. The van der Waals surface area contributed by atoms with E-state index in [1.165, 1.54) is 0 Å². The average molecular weight is 197 g/mol. The number of H-pyrrole nitrogens is 1. The minimum atomic E-state index is -0.417. The maximum absolute atomic E-state index is 13.0. The summed E-state index contributed by atoms with van der Waals surface area (Å²) < 4.78 is 26.0. The second-order valence-corrected chi connectivity index (χ2v) is 2.77. The van der Waals surface area contributed by atoms with Gasteiger partial charge in [-0.25, -0.2) is 8.78 Å². The summed E-state index contributed by atoms with van der Waals surface area (Å²) in [4.78, 5) is 2.75. The van der Waals surface area contributed by atoms with Crippen LogP contribution in [0, 0.1) is 18.6 Å². The van der Waals surface area contributed by atoms with Crippen molar-refractivity contribution in [3.63, 3.8) is 0 Å². The van der Waals surface area contributed by atoms with Gasteiger partial charge < -0.3 is 4.98 Å². The Labute approximate surface area is 81.8 Å². The third-order valence-corrected chi connectivity index (χ3v) is 1.82. The summed E-state index contributed by atoms with van der Waals surface area (Å²) in [6.07, 6.45) is 0. The topological polar surface area (TPSA) is 15.8 Å². The van der Waals surface area contributed by atoms with Crippen molar-refractivity contribution in [2.45, 2.75) is 20.8 Å². The van der Waals surface area contributed by atoms with Gasteiger partial charge in [0, 0.05) is 11.1 Å². The smallest absolute Gasteiger partial charge is 0.147 e. The van der Waals surface area contributed by atoms with Crippen LogP contribution >= 0.6 is 0 Å². The van der Waals surface area contributed by atoms with E-state index in [0.29, 0.717) is 5.39 Å². The van der Waals surface area contributed by atoms with Gasteiger partial charge in [-0.15, -0.1) is 0 Å². The number of hydrogen-bond donors (Lipinski definition) is 1. The SMILES string of the molecule is CC.Cc1cc2c(F)ccc(F)c2[nH]1. The number of hydrogen-bond acceptors (Lipinski definition) is 0. The number of fused-ring (bicyclic) bond motifs is 1. The number of nitrogens with one attached hydrogen (secondary N) is 1. The van der Waals surface area contributed by atoms with Crippen LogP contribution in [0.1, 0.15) is 19.5 Å². The van der Waals surface area contributed by atoms with E-state index in [1.54, 1.807) is 13.0 Å². The largest absolute Gasteiger partial charge is 0.356 e. The number of aromatic amines is 1. The molecule has 14 heavy (non-hydrogen) atoms. The quantitative estimate of drug-likeness (QED) is 0.661. The summed E-state index contributed by atoms with van der Waals surface area (Å²) in [6, 6.07) is 3.84. The molecular weight excluding hydrogens is 184 g/mol. The number of halogens is 2. The van der Waals surface area contributed by atoms with Crippen molar-refractivity contribution in [2.24, 2.45) is 0 Å². The molecule has 1 aromatic heterocycles. The Hall–Kier alpha value is -1.38. The van der Waals surface area contributed by atoms with Crippen molar-refractivity contribution in [3.05, 3.63) is 35.5 Å². The minimum Gasteiger partial charge on any atom is -0.356 e. The van der Waals surface area contributed by atoms with Crippen LogP contribution in [0.25, 0.3) is 10.9 Å². The van der Waals surface area contributed by atoms with E-state index in [1.807, 2.05) is 13.8 Å². The number of aromatic nitrogens is 1. The first-order chi connectivity index (χ1) is 6.68. The Morgan fingerprint density at radius 2 is 1.64 bits per heavy atom. The lowest BCUT2D eigenvalue weighted by Crippen LogP contribution is -1.80. The molecule has 0 aliphatic rings. The highest BCUT2D eigenvalue weighted by molar-refractivity contribution is 5.81. The molecule has 2 rings (SSSR count). The lowest BCUT2D eigenvalue weighted by molar-refractivity contribution is 0.616. The van der Waals surface area contributed by atoms with Crippen molar-refractivity contribution in [1.82, 2.24) is 4.98 Å². The molecular formula is C11H13F2N. The van der Waals surface area contributed by atoms with Crippen LogP contribution in [0.2, 0.25) is 0 Å². The van der Waals surface area contributed by atoms with Crippen molar-refractivity contribution in [2.75, 3.05) is 0 Å². The minimum absolute atomic E-state index is 0.243. The fourth-order valence-electron chi connectivity index (χ4n) is 1.29. The molecule has 0 fully saturated rings. The molecule has 0 bridgehead atoms. The van der Waals surface area contributed by atoms with Gasteiger partial charge in [0.25, 0.3) is 0 Å². The van der Waals surface area contributed by atoms with Crippen LogP contribution < -0.4 is 0 Å². The molecule has 0 amide bonds. The van der Waals surface area contributed by atoms with Gasteiger partial charge in [0.2, 0.25) is 0 Å². The molecule has 1 heterocycles. The Morgan fingerprint density at radius 3 is 2.21 bits per heavy atom. The van der Waals surface area contributed by atoms with Crippen LogP contribution in [0.15, 0.2) is 18.2 Å². The van der Waals surface area contributed by atoms with Crippen molar-refractivity contribution >= 4 is 10.9 Å². The second kappa shape index (κ2) is 4.22. The zero-order valence-electron chi connectivity index (χ0n) is 8.49. The van der Waals surface area contributed by atoms with E-state index >= 15 is 0 Å². The number of aryl methyl sites for hydroxylation is 1. The van der Waals surface area contributed by atoms with E-state index in [4.69, 9.17) is 0 Å². The summed E-state index contributed by atoms with van der Waals surface area (Å²) in [7, 11) is 0. The second-order valence-electron chi connectivity index (χ2n) is 2.77. The predicted octanol–water partition coefficient (Wildman–Crippen LogP) is 3.78. The Morgan fingerprint density at radius 1 is 1.07 bits per heavy atom. The molecule has 0 saturated carbocycles. The first-order valence-corrected chi connectivity index (χ1v) is 4.62. The molecule has 0 saturated heterocycles. The zero-order valence-corrected chi connectivity index (χ0v) is 8.49. The van der Waals surface area contributed by atoms with Crippen LogP contribution in [-0.4, -0.2) is 4.98 Å². The van der Waals surface area contributed by atoms with E-state index < -0.39 is 11.6 Å². The van der Waals surface area contributed by atoms with Crippen molar-refractivity contribution in [1.29, 1.82) is 0 Å². The van der Waals surface area contributed by atoms with Crippen LogP contribution in [-0.2, 0) is 0 Å². The predicted molar refractivity (Wildman–Crippen MR) is 54.3 cm³/mol. The van der Waals surface area contributed by atoms with Gasteiger partial charge in [-0.3, -0.25) is 0 Å². The van der Waals surface area contributed by atoms with Gasteiger partial charge in [-0.2, -0.15) is 0 Å². The van der Waals surface area contributed by atoms with E-state index in [-0.39, 0.29) is 5.52 Å². The average Bonchev–Trinajstić information content (AvgIpc) is 2.58. The van der Waals surface area contributed by atoms with E-state index in [0.717, 1.165) is 17.8 Å².